The largest absolute Gasteiger partial charge is 0.349 e. The molecular weight excluding hydrogens is 621 g/mol. The molecule has 0 amide bonds. The van der Waals surface area contributed by atoms with Crippen LogP contribution in [0.5, 0.6) is 0 Å². The maximum Gasteiger partial charge on any atom is 0.349 e. The molecule has 5 aromatic heterocycles. The Morgan fingerprint density at radius 2 is 1.80 bits per heavy atom. The Hall–Kier alpha value is -4.49. The Morgan fingerprint density at radius 3 is 2.61 bits per heavy atom. The molecule has 1 aliphatic carbocycles. The van der Waals surface area contributed by atoms with E-state index in [0.717, 1.165) is 62.1 Å². The number of hydrogen-bond acceptors (Lipinski definition) is 4. The van der Waals surface area contributed by atoms with Gasteiger partial charge in [-0.3, -0.25) is 4.68 Å². The van der Waals surface area contributed by atoms with Gasteiger partial charge in [-0.2, -0.15) is 9.67 Å². The molecule has 1 aliphatic heterocycles. The van der Waals surface area contributed by atoms with Crippen molar-refractivity contribution in [1.82, 2.24) is 19.7 Å². The fourth-order valence-corrected chi connectivity index (χ4v) is 10.7. The van der Waals surface area contributed by atoms with Crippen molar-refractivity contribution in [1.29, 1.82) is 0 Å². The highest BCUT2D eigenvalue weighted by atomic mass is 32.1. The third kappa shape index (κ3) is 4.27. The molecule has 49 heavy (non-hydrogen) atoms. The van der Waals surface area contributed by atoms with E-state index in [2.05, 4.69) is 114 Å². The van der Waals surface area contributed by atoms with Gasteiger partial charge in [0.15, 0.2) is 17.9 Å². The van der Waals surface area contributed by atoms with Crippen LogP contribution in [0.1, 0.15) is 76.1 Å². The number of nitrogens with zero attached hydrogens (tertiary/aromatic N) is 6. The quantitative estimate of drug-likeness (QED) is 0.152. The van der Waals surface area contributed by atoms with E-state index in [0.29, 0.717) is 0 Å². The van der Waals surface area contributed by atoms with Crippen LogP contribution in [-0.4, -0.2) is 19.7 Å². The molecule has 6 heterocycles. The molecule has 0 bridgehead atoms. The van der Waals surface area contributed by atoms with E-state index in [4.69, 9.17) is 15.1 Å². The molecule has 2 aromatic carbocycles. The monoisotopic (exact) mass is 664 g/mol. The first-order chi connectivity index (χ1) is 24.0. The Labute approximate surface area is 292 Å². The number of aromatic nitrogens is 6. The Morgan fingerprint density at radius 1 is 0.898 bits per heavy atom. The summed E-state index contributed by atoms with van der Waals surface area (Å²) in [6, 6.07) is 25.3. The van der Waals surface area contributed by atoms with Crippen LogP contribution in [0.25, 0.3) is 54.0 Å². The van der Waals surface area contributed by atoms with E-state index in [1.54, 1.807) is 0 Å². The van der Waals surface area contributed by atoms with E-state index >= 15 is 0 Å². The smallest absolute Gasteiger partial charge is 0.251 e. The van der Waals surface area contributed by atoms with Gasteiger partial charge in [-0.05, 0) is 85.5 Å². The molecule has 0 N–H and O–H groups in total. The van der Waals surface area contributed by atoms with Crippen LogP contribution in [0.4, 0.5) is 0 Å². The second-order valence-corrected chi connectivity index (χ2v) is 15.3. The van der Waals surface area contributed by atoms with Crippen molar-refractivity contribution in [3.63, 3.8) is 0 Å². The zero-order valence-electron chi connectivity index (χ0n) is 29.0. The van der Waals surface area contributed by atoms with Crippen LogP contribution in [0.2, 0.25) is 0 Å². The lowest BCUT2D eigenvalue weighted by Crippen LogP contribution is -2.69. The maximum absolute atomic E-state index is 5.40. The number of benzene rings is 2. The summed E-state index contributed by atoms with van der Waals surface area (Å²) in [5.41, 5.74) is 10.6. The van der Waals surface area contributed by atoms with Gasteiger partial charge in [0.1, 0.15) is 24.5 Å². The van der Waals surface area contributed by atoms with Gasteiger partial charge in [0.05, 0.1) is 22.8 Å². The van der Waals surface area contributed by atoms with Gasteiger partial charge in [-0.1, -0.05) is 51.5 Å². The molecule has 6 nitrogen and oxygen atoms in total. The van der Waals surface area contributed by atoms with Gasteiger partial charge < -0.3 is 0 Å². The van der Waals surface area contributed by atoms with Crippen molar-refractivity contribution < 1.29 is 9.13 Å². The minimum absolute atomic E-state index is 0.173. The van der Waals surface area contributed by atoms with Crippen LogP contribution in [-0.2, 0) is 30.5 Å². The highest BCUT2D eigenvalue weighted by Crippen LogP contribution is 2.63. The summed E-state index contributed by atoms with van der Waals surface area (Å²) in [4.78, 5) is 9.76. The van der Waals surface area contributed by atoms with Gasteiger partial charge in [0, 0.05) is 44.3 Å². The van der Waals surface area contributed by atoms with Crippen molar-refractivity contribution >= 4 is 42.7 Å². The first kappa shape index (κ1) is 30.6. The summed E-state index contributed by atoms with van der Waals surface area (Å²) >= 11 is 1.97. The molecule has 7 aromatic rings. The van der Waals surface area contributed by atoms with Gasteiger partial charge in [0.2, 0.25) is 5.69 Å². The number of hydrogen-bond donors (Lipinski definition) is 0. The Kier molecular flexibility index (Phi) is 7.20. The third-order valence-corrected chi connectivity index (χ3v) is 12.9. The van der Waals surface area contributed by atoms with Crippen molar-refractivity contribution in [2.45, 2.75) is 96.7 Å². The molecule has 0 saturated heterocycles. The summed E-state index contributed by atoms with van der Waals surface area (Å²) < 4.78 is 10.1. The molecule has 7 heteroatoms. The molecule has 246 valence electrons. The number of unbranched alkanes of at least 4 members (excludes halogenated alkanes) is 1. The SMILES string of the molecule is CCCCc1cccc2sc3c4c(ccc3c12)C1(CCC1(CC)n1nc(C)cc1-c1cccc[n+]1CCC)C[n+]1c-4ccc2nccnc21. The summed E-state index contributed by atoms with van der Waals surface area (Å²) in [7, 11) is 0. The van der Waals surface area contributed by atoms with Crippen LogP contribution >= 0.6 is 11.3 Å². The second-order valence-electron chi connectivity index (χ2n) is 14.3. The molecular formula is C42H44N6S+2. The lowest BCUT2D eigenvalue weighted by Gasteiger charge is -2.60. The van der Waals surface area contributed by atoms with Crippen molar-refractivity contribution in [2.24, 2.45) is 0 Å². The molecule has 1 saturated carbocycles. The van der Waals surface area contributed by atoms with E-state index in [1.165, 1.54) is 66.8 Å². The predicted octanol–water partition coefficient (Wildman–Crippen LogP) is 9.01. The summed E-state index contributed by atoms with van der Waals surface area (Å²) in [6.45, 7) is 10.9. The van der Waals surface area contributed by atoms with Crippen LogP contribution in [0.3, 0.4) is 0 Å². The van der Waals surface area contributed by atoms with Crippen molar-refractivity contribution in [3.05, 3.63) is 102 Å². The minimum atomic E-state index is -0.211. The fraction of sp³-hybridized carbons (Fsp3) is 0.357. The first-order valence-corrected chi connectivity index (χ1v) is 19.0. The van der Waals surface area contributed by atoms with Gasteiger partial charge in [-0.25, -0.2) is 9.55 Å². The normalized spacial score (nSPS) is 19.8. The molecule has 9 rings (SSSR count). The maximum atomic E-state index is 5.40. The van der Waals surface area contributed by atoms with Gasteiger partial charge in [0.25, 0.3) is 0 Å². The topological polar surface area (TPSA) is 51.4 Å². The van der Waals surface area contributed by atoms with E-state index in [9.17, 15) is 0 Å². The molecule has 0 radical (unpaired) electrons. The van der Waals surface area contributed by atoms with Crippen molar-refractivity contribution in [2.75, 3.05) is 0 Å². The average Bonchev–Trinajstić information content (AvgIpc) is 3.71. The third-order valence-electron chi connectivity index (χ3n) is 11.7. The van der Waals surface area contributed by atoms with E-state index in [1.807, 2.05) is 23.7 Å². The highest BCUT2D eigenvalue weighted by molar-refractivity contribution is 7.26. The summed E-state index contributed by atoms with van der Waals surface area (Å²) in [5.74, 6) is 0. The number of rotatable bonds is 8. The van der Waals surface area contributed by atoms with Crippen LogP contribution in [0, 0.1) is 6.92 Å². The predicted molar refractivity (Wildman–Crippen MR) is 199 cm³/mol. The molecule has 2 aliphatic rings. The lowest BCUT2D eigenvalue weighted by atomic mass is 9.48. The molecule has 1 fully saturated rings. The minimum Gasteiger partial charge on any atom is -0.251 e. The Bertz CT molecular complexity index is 2400. The Balaban J connectivity index is 1.35. The number of thiophene rings is 1. The van der Waals surface area contributed by atoms with Gasteiger partial charge in [-0.15, -0.1) is 11.3 Å². The molecule has 1 spiro atoms. The van der Waals surface area contributed by atoms with Crippen LogP contribution < -0.4 is 9.13 Å². The van der Waals surface area contributed by atoms with Crippen molar-refractivity contribution in [3.8, 4) is 22.6 Å². The first-order valence-electron chi connectivity index (χ1n) is 18.2. The second kappa shape index (κ2) is 11.5. The summed E-state index contributed by atoms with van der Waals surface area (Å²) in [6.07, 6.45) is 13.6. The zero-order chi connectivity index (χ0) is 33.3. The lowest BCUT2D eigenvalue weighted by molar-refractivity contribution is -0.686. The number of aryl methyl sites for hydroxylation is 3. The molecule has 2 unspecified atom stereocenters. The van der Waals surface area contributed by atoms with E-state index in [-0.39, 0.29) is 11.0 Å². The summed E-state index contributed by atoms with van der Waals surface area (Å²) in [5, 5.41) is 8.22. The van der Waals surface area contributed by atoms with E-state index < -0.39 is 0 Å². The van der Waals surface area contributed by atoms with Gasteiger partial charge >= 0.3 is 5.65 Å². The fourth-order valence-electron chi connectivity index (χ4n) is 9.41. The van der Waals surface area contributed by atoms with Crippen LogP contribution in [0.15, 0.2) is 85.3 Å². The zero-order valence-corrected chi connectivity index (χ0v) is 29.9. The highest BCUT2D eigenvalue weighted by Gasteiger charge is 2.65. The standard InChI is InChI=1S/C42H44N6S/c1-5-8-12-29-13-11-15-36-37(29)30-16-17-31-38(39(30)49-36)34-19-18-32-40(44-23-22-43-32)47(34)27-41(31)20-21-42(41,7-3)48-35(26-28(4)45-48)33-14-9-10-25-46(33)24-6-2/h9-11,13-19,22-23,25-26H,5-8,12,20-21,24,27H2,1-4H3/q+2. The number of pyridine rings is 2. The average molecular weight is 665 g/mol. The number of fused-ring (bicyclic) bond motifs is 10. The molecule has 2 atom stereocenters.